The Kier molecular flexibility index (Phi) is 8.14. The second-order valence-electron chi connectivity index (χ2n) is 7.61. The Bertz CT molecular complexity index is 880. The van der Waals surface area contributed by atoms with Gasteiger partial charge in [-0.2, -0.15) is 0 Å². The predicted molar refractivity (Wildman–Crippen MR) is 122 cm³/mol. The van der Waals surface area contributed by atoms with Gasteiger partial charge < -0.3 is 29.0 Å². The van der Waals surface area contributed by atoms with Crippen LogP contribution in [0.25, 0.3) is 0 Å². The third kappa shape index (κ3) is 5.89. The van der Waals surface area contributed by atoms with Gasteiger partial charge in [-0.3, -0.25) is 0 Å². The molecule has 2 aliphatic rings. The SMILES string of the molecule is C=C/C(=C\C=C(C)C)OC1=NCNc2c1cc(OC)c(OCCCOC1COC1)c2C. The molecule has 0 radical (unpaired) electrons. The molecule has 0 amide bonds. The fourth-order valence-corrected chi connectivity index (χ4v) is 3.16. The average Bonchev–Trinajstić information content (AvgIpc) is 2.73. The highest BCUT2D eigenvalue weighted by atomic mass is 16.6. The summed E-state index contributed by atoms with van der Waals surface area (Å²) in [6, 6.07) is 1.90. The summed E-state index contributed by atoms with van der Waals surface area (Å²) in [6.45, 7) is 12.9. The number of nitrogens with zero attached hydrogens (tertiary/aromatic N) is 1. The van der Waals surface area contributed by atoms with E-state index in [4.69, 9.17) is 23.7 Å². The van der Waals surface area contributed by atoms with Crippen LogP contribution in [0.5, 0.6) is 11.5 Å². The van der Waals surface area contributed by atoms with Gasteiger partial charge in [-0.1, -0.05) is 18.2 Å². The van der Waals surface area contributed by atoms with Gasteiger partial charge in [0.1, 0.15) is 18.5 Å². The molecule has 3 rings (SSSR count). The van der Waals surface area contributed by atoms with Crippen LogP contribution in [-0.2, 0) is 14.2 Å². The summed E-state index contributed by atoms with van der Waals surface area (Å²) in [5.74, 6) is 2.50. The first-order valence-electron chi connectivity index (χ1n) is 10.5. The molecular formula is C24H32N2O5. The molecule has 1 N–H and O–H groups in total. The van der Waals surface area contributed by atoms with E-state index in [-0.39, 0.29) is 6.10 Å². The number of aliphatic imine (C=N–C) groups is 1. The lowest BCUT2D eigenvalue weighted by molar-refractivity contribution is -0.130. The Morgan fingerprint density at radius 1 is 1.29 bits per heavy atom. The van der Waals surface area contributed by atoms with E-state index in [0.29, 0.717) is 56.3 Å². The first-order chi connectivity index (χ1) is 15.0. The maximum absolute atomic E-state index is 6.07. The molecule has 0 aliphatic carbocycles. The zero-order valence-electron chi connectivity index (χ0n) is 18.8. The number of fused-ring (bicyclic) bond motifs is 1. The molecule has 1 fully saturated rings. The summed E-state index contributed by atoms with van der Waals surface area (Å²) in [4.78, 5) is 4.50. The molecule has 1 aromatic rings. The van der Waals surface area contributed by atoms with Crippen LogP contribution in [0.4, 0.5) is 5.69 Å². The highest BCUT2D eigenvalue weighted by molar-refractivity contribution is 6.03. The van der Waals surface area contributed by atoms with Crippen molar-refractivity contribution in [3.05, 3.63) is 53.3 Å². The van der Waals surface area contributed by atoms with Crippen LogP contribution < -0.4 is 14.8 Å². The lowest BCUT2D eigenvalue weighted by atomic mass is 10.0. The number of methoxy groups -OCH3 is 1. The van der Waals surface area contributed by atoms with E-state index >= 15 is 0 Å². The first-order valence-corrected chi connectivity index (χ1v) is 10.5. The first kappa shape index (κ1) is 22.9. The van der Waals surface area contributed by atoms with Gasteiger partial charge in [-0.15, -0.1) is 0 Å². The molecule has 168 valence electrons. The molecule has 7 heteroatoms. The molecule has 1 saturated heterocycles. The average molecular weight is 429 g/mol. The zero-order chi connectivity index (χ0) is 22.2. The van der Waals surface area contributed by atoms with Crippen LogP contribution in [0.3, 0.4) is 0 Å². The lowest BCUT2D eigenvalue weighted by Gasteiger charge is -2.26. The van der Waals surface area contributed by atoms with Crippen molar-refractivity contribution in [1.82, 2.24) is 0 Å². The Labute approximate surface area is 184 Å². The van der Waals surface area contributed by atoms with E-state index in [1.165, 1.54) is 5.57 Å². The van der Waals surface area contributed by atoms with E-state index < -0.39 is 0 Å². The van der Waals surface area contributed by atoms with Crippen molar-refractivity contribution in [3.8, 4) is 11.5 Å². The molecule has 0 bridgehead atoms. The second kappa shape index (κ2) is 11.0. The van der Waals surface area contributed by atoms with Gasteiger partial charge >= 0.3 is 0 Å². The van der Waals surface area contributed by atoms with E-state index in [1.807, 2.05) is 39.0 Å². The summed E-state index contributed by atoms with van der Waals surface area (Å²) in [5, 5.41) is 3.33. The third-order valence-electron chi connectivity index (χ3n) is 4.91. The summed E-state index contributed by atoms with van der Waals surface area (Å²) >= 11 is 0. The van der Waals surface area contributed by atoms with Crippen LogP contribution in [0.1, 0.15) is 31.4 Å². The predicted octanol–water partition coefficient (Wildman–Crippen LogP) is 4.37. The number of hydrogen-bond donors (Lipinski definition) is 1. The molecule has 7 nitrogen and oxygen atoms in total. The summed E-state index contributed by atoms with van der Waals surface area (Å²) in [5.41, 5.74) is 3.87. The van der Waals surface area contributed by atoms with Crippen molar-refractivity contribution in [2.75, 3.05) is 45.5 Å². The van der Waals surface area contributed by atoms with Crippen molar-refractivity contribution in [3.63, 3.8) is 0 Å². The van der Waals surface area contributed by atoms with Gasteiger partial charge in [0.05, 0.1) is 44.8 Å². The smallest absolute Gasteiger partial charge is 0.226 e. The minimum absolute atomic E-state index is 0.230. The largest absolute Gasteiger partial charge is 0.493 e. The topological polar surface area (TPSA) is 70.5 Å². The second-order valence-corrected chi connectivity index (χ2v) is 7.61. The molecule has 0 saturated carbocycles. The lowest BCUT2D eigenvalue weighted by Crippen LogP contribution is -2.36. The molecule has 2 aliphatic heterocycles. The van der Waals surface area contributed by atoms with Crippen molar-refractivity contribution in [2.24, 2.45) is 4.99 Å². The van der Waals surface area contributed by atoms with E-state index in [1.54, 1.807) is 13.2 Å². The molecular weight excluding hydrogens is 396 g/mol. The van der Waals surface area contributed by atoms with Crippen LogP contribution in [0, 0.1) is 6.92 Å². The number of benzene rings is 1. The number of anilines is 1. The van der Waals surface area contributed by atoms with E-state index in [9.17, 15) is 0 Å². The van der Waals surface area contributed by atoms with Crippen molar-refractivity contribution < 1.29 is 23.7 Å². The highest BCUT2D eigenvalue weighted by Crippen LogP contribution is 2.40. The molecule has 0 unspecified atom stereocenters. The van der Waals surface area contributed by atoms with Crippen LogP contribution in [0.15, 0.2) is 47.2 Å². The molecule has 2 heterocycles. The Hall–Kier alpha value is -2.77. The number of allylic oxidation sites excluding steroid dienone is 4. The van der Waals surface area contributed by atoms with Crippen LogP contribution >= 0.6 is 0 Å². The maximum Gasteiger partial charge on any atom is 0.226 e. The quantitative estimate of drug-likeness (QED) is 0.339. The third-order valence-corrected chi connectivity index (χ3v) is 4.91. The molecule has 31 heavy (non-hydrogen) atoms. The number of rotatable bonds is 10. The summed E-state index contributed by atoms with van der Waals surface area (Å²) in [7, 11) is 1.63. The van der Waals surface area contributed by atoms with Gasteiger partial charge in [0.15, 0.2) is 11.5 Å². The van der Waals surface area contributed by atoms with Gasteiger partial charge in [0, 0.05) is 12.0 Å². The number of ether oxygens (including phenoxy) is 5. The van der Waals surface area contributed by atoms with Gasteiger partial charge in [0.25, 0.3) is 0 Å². The van der Waals surface area contributed by atoms with Gasteiger partial charge in [-0.25, -0.2) is 4.99 Å². The summed E-state index contributed by atoms with van der Waals surface area (Å²) in [6.07, 6.45) is 6.55. The molecule has 1 aromatic carbocycles. The standard InChI is InChI=1S/C24H32N2O5/c1-6-18(9-8-16(2)3)31-24-20-12-21(27-5)23(17(4)22(20)25-15-26-24)30-11-7-10-29-19-13-28-14-19/h6,8-9,12,19,25H,1,7,10-11,13-15H2,2-5H3/b18-9+. The zero-order valence-corrected chi connectivity index (χ0v) is 18.8. The minimum atomic E-state index is 0.230. The Balaban J connectivity index is 1.74. The number of nitrogens with one attached hydrogen (secondary N) is 1. The normalized spacial score (nSPS) is 15.7. The van der Waals surface area contributed by atoms with E-state index in [0.717, 1.165) is 23.2 Å². The fraction of sp³-hybridized carbons (Fsp3) is 0.458. The molecule has 0 atom stereocenters. The number of hydrogen-bond acceptors (Lipinski definition) is 7. The van der Waals surface area contributed by atoms with Gasteiger partial charge in [-0.05, 0) is 39.0 Å². The maximum atomic E-state index is 6.07. The Morgan fingerprint density at radius 2 is 2.10 bits per heavy atom. The highest BCUT2D eigenvalue weighted by Gasteiger charge is 2.24. The Morgan fingerprint density at radius 3 is 2.74 bits per heavy atom. The van der Waals surface area contributed by atoms with Crippen molar-refractivity contribution in [2.45, 2.75) is 33.3 Å². The van der Waals surface area contributed by atoms with Crippen molar-refractivity contribution in [1.29, 1.82) is 0 Å². The fourth-order valence-electron chi connectivity index (χ4n) is 3.16. The van der Waals surface area contributed by atoms with E-state index in [2.05, 4.69) is 16.9 Å². The minimum Gasteiger partial charge on any atom is -0.493 e. The van der Waals surface area contributed by atoms with Gasteiger partial charge in [0.2, 0.25) is 5.90 Å². The van der Waals surface area contributed by atoms with Crippen molar-refractivity contribution >= 4 is 11.6 Å². The molecule has 0 aromatic heterocycles. The molecule has 0 spiro atoms. The van der Waals surface area contributed by atoms with Crippen LogP contribution in [-0.4, -0.2) is 52.2 Å². The van der Waals surface area contributed by atoms with Crippen LogP contribution in [0.2, 0.25) is 0 Å². The monoisotopic (exact) mass is 428 g/mol. The summed E-state index contributed by atoms with van der Waals surface area (Å²) < 4.78 is 28.5.